The second-order valence-corrected chi connectivity index (χ2v) is 4.54. The molecule has 0 aliphatic carbocycles. The molecule has 0 aromatic heterocycles. The van der Waals surface area contributed by atoms with Gasteiger partial charge in [0.1, 0.15) is 12.8 Å². The van der Waals surface area contributed by atoms with E-state index in [1.807, 2.05) is 31.2 Å². The molecule has 0 amide bonds. The minimum absolute atomic E-state index is 0.286. The Kier molecular flexibility index (Phi) is 4.62. The molecule has 0 unspecified atom stereocenters. The zero-order chi connectivity index (χ0) is 15.3. The molecule has 0 saturated carbocycles. The molecule has 0 spiro atoms. The standard InChI is InChI=1S/C16H13F3NO/c1-12-2-4-14(5-3-12)11-21-20-10-13-6-8-15(9-7-13)16(17,18)19/h2-9H,11H2,1H3. The highest BCUT2D eigenvalue weighted by atomic mass is 19.4. The lowest BCUT2D eigenvalue weighted by Gasteiger charge is -2.05. The van der Waals surface area contributed by atoms with Gasteiger partial charge in [-0.25, -0.2) is 0 Å². The van der Waals surface area contributed by atoms with Crippen molar-refractivity contribution in [2.24, 2.45) is 5.16 Å². The molecule has 0 bridgehead atoms. The van der Waals surface area contributed by atoms with E-state index >= 15 is 0 Å². The van der Waals surface area contributed by atoms with Crippen LogP contribution in [0.1, 0.15) is 22.3 Å². The van der Waals surface area contributed by atoms with E-state index in [2.05, 4.69) is 11.4 Å². The number of alkyl halides is 3. The molecule has 0 N–H and O–H groups in total. The van der Waals surface area contributed by atoms with Gasteiger partial charge in [0.05, 0.1) is 5.56 Å². The molecule has 2 aromatic rings. The summed E-state index contributed by atoms with van der Waals surface area (Å²) in [5, 5.41) is 3.62. The van der Waals surface area contributed by atoms with Crippen molar-refractivity contribution in [1.29, 1.82) is 0 Å². The van der Waals surface area contributed by atoms with Gasteiger partial charge in [0.25, 0.3) is 0 Å². The highest BCUT2D eigenvalue weighted by Gasteiger charge is 2.29. The fraction of sp³-hybridized carbons (Fsp3) is 0.188. The van der Waals surface area contributed by atoms with Crippen molar-refractivity contribution in [3.05, 3.63) is 70.8 Å². The fourth-order valence-corrected chi connectivity index (χ4v) is 1.61. The minimum Gasteiger partial charge on any atom is -0.390 e. The van der Waals surface area contributed by atoms with Crippen LogP contribution >= 0.6 is 0 Å². The van der Waals surface area contributed by atoms with Crippen molar-refractivity contribution in [3.63, 3.8) is 0 Å². The van der Waals surface area contributed by atoms with E-state index in [4.69, 9.17) is 4.84 Å². The van der Waals surface area contributed by atoms with E-state index in [-0.39, 0.29) is 6.61 Å². The Morgan fingerprint density at radius 1 is 1.00 bits per heavy atom. The molecule has 2 rings (SSSR count). The summed E-state index contributed by atoms with van der Waals surface area (Å²) in [5.74, 6) is 0. The Morgan fingerprint density at radius 2 is 1.62 bits per heavy atom. The van der Waals surface area contributed by atoms with Crippen molar-refractivity contribution < 1.29 is 18.0 Å². The highest BCUT2D eigenvalue weighted by molar-refractivity contribution is 5.79. The minimum atomic E-state index is -4.34. The first kappa shape index (κ1) is 15.1. The second kappa shape index (κ2) is 6.43. The lowest BCUT2D eigenvalue weighted by Crippen LogP contribution is -2.04. The SMILES string of the molecule is Cc1ccc(CO/N=[C]\c2ccc(C(F)(F)F)cc2)cc1. The van der Waals surface area contributed by atoms with Gasteiger partial charge in [-0.1, -0.05) is 47.1 Å². The number of halogens is 3. The van der Waals surface area contributed by atoms with Gasteiger partial charge < -0.3 is 4.84 Å². The molecule has 0 aliphatic rings. The van der Waals surface area contributed by atoms with Gasteiger partial charge in [-0.3, -0.25) is 0 Å². The summed E-state index contributed by atoms with van der Waals surface area (Å²) in [7, 11) is 0. The van der Waals surface area contributed by atoms with E-state index < -0.39 is 11.7 Å². The first-order chi connectivity index (χ1) is 9.95. The van der Waals surface area contributed by atoms with E-state index in [1.165, 1.54) is 12.1 Å². The quantitative estimate of drug-likeness (QED) is 0.603. The molecule has 0 saturated heterocycles. The molecule has 2 nitrogen and oxygen atoms in total. The number of nitrogens with zero attached hydrogens (tertiary/aromatic N) is 1. The van der Waals surface area contributed by atoms with Gasteiger partial charge in [-0.15, -0.1) is 0 Å². The molecule has 1 radical (unpaired) electrons. The van der Waals surface area contributed by atoms with Crippen molar-refractivity contribution in [1.82, 2.24) is 0 Å². The summed E-state index contributed by atoms with van der Waals surface area (Å²) in [6.45, 7) is 2.27. The largest absolute Gasteiger partial charge is 0.416 e. The van der Waals surface area contributed by atoms with E-state index in [0.29, 0.717) is 5.56 Å². The summed E-state index contributed by atoms with van der Waals surface area (Å²) in [5.41, 5.74) is 1.83. The Bertz CT molecular complexity index is 601. The summed E-state index contributed by atoms with van der Waals surface area (Å²) in [6.07, 6.45) is -1.80. The lowest BCUT2D eigenvalue weighted by molar-refractivity contribution is -0.137. The number of aryl methyl sites for hydroxylation is 1. The van der Waals surface area contributed by atoms with Crippen LogP contribution in [0.3, 0.4) is 0 Å². The van der Waals surface area contributed by atoms with Crippen molar-refractivity contribution in [3.8, 4) is 0 Å². The molecular weight excluding hydrogens is 279 g/mol. The molecule has 109 valence electrons. The maximum Gasteiger partial charge on any atom is 0.416 e. The van der Waals surface area contributed by atoms with Crippen LogP contribution in [0.2, 0.25) is 0 Å². The zero-order valence-electron chi connectivity index (χ0n) is 11.3. The Balaban J connectivity index is 1.88. The average molecular weight is 292 g/mol. The Morgan fingerprint density at radius 3 is 2.19 bits per heavy atom. The van der Waals surface area contributed by atoms with Crippen LogP contribution in [0, 0.1) is 6.92 Å². The third-order valence-electron chi connectivity index (χ3n) is 2.80. The highest BCUT2D eigenvalue weighted by Crippen LogP contribution is 2.28. The first-order valence-electron chi connectivity index (χ1n) is 6.26. The third-order valence-corrected chi connectivity index (χ3v) is 2.80. The lowest BCUT2D eigenvalue weighted by atomic mass is 10.1. The maximum absolute atomic E-state index is 12.4. The predicted octanol–water partition coefficient (Wildman–Crippen LogP) is 4.44. The monoisotopic (exact) mass is 292 g/mol. The van der Waals surface area contributed by atoms with Crippen LogP contribution in [0.5, 0.6) is 0 Å². The van der Waals surface area contributed by atoms with Gasteiger partial charge in [0.2, 0.25) is 0 Å². The van der Waals surface area contributed by atoms with Crippen LogP contribution in [0.25, 0.3) is 0 Å². The number of hydrogen-bond acceptors (Lipinski definition) is 2. The maximum atomic E-state index is 12.4. The number of benzene rings is 2. The van der Waals surface area contributed by atoms with E-state index in [9.17, 15) is 13.2 Å². The summed E-state index contributed by atoms with van der Waals surface area (Å²) < 4.78 is 37.1. The topological polar surface area (TPSA) is 21.6 Å². The number of rotatable bonds is 4. The van der Waals surface area contributed by atoms with Crippen molar-refractivity contribution in [2.75, 3.05) is 0 Å². The van der Waals surface area contributed by atoms with Gasteiger partial charge in [0.15, 0.2) is 0 Å². The molecule has 0 aliphatic heterocycles. The van der Waals surface area contributed by atoms with Gasteiger partial charge >= 0.3 is 6.18 Å². The summed E-state index contributed by atoms with van der Waals surface area (Å²) in [4.78, 5) is 5.05. The summed E-state index contributed by atoms with van der Waals surface area (Å²) in [6, 6.07) is 12.3. The summed E-state index contributed by atoms with van der Waals surface area (Å²) >= 11 is 0. The Hall–Kier alpha value is -2.30. The molecule has 0 fully saturated rings. The molecule has 21 heavy (non-hydrogen) atoms. The Labute approximate surface area is 120 Å². The molecule has 0 heterocycles. The molecule has 0 atom stereocenters. The smallest absolute Gasteiger partial charge is 0.390 e. The van der Waals surface area contributed by atoms with Crippen LogP contribution in [-0.4, -0.2) is 6.21 Å². The van der Waals surface area contributed by atoms with Crippen molar-refractivity contribution >= 4 is 6.21 Å². The van der Waals surface area contributed by atoms with Crippen LogP contribution < -0.4 is 0 Å². The van der Waals surface area contributed by atoms with E-state index in [0.717, 1.165) is 23.3 Å². The zero-order valence-corrected chi connectivity index (χ0v) is 11.3. The van der Waals surface area contributed by atoms with Gasteiger partial charge in [-0.05, 0) is 24.6 Å². The molecular formula is C16H13F3NO. The molecule has 2 aromatic carbocycles. The molecule has 5 heteroatoms. The van der Waals surface area contributed by atoms with Crippen molar-refractivity contribution in [2.45, 2.75) is 19.7 Å². The first-order valence-corrected chi connectivity index (χ1v) is 6.26. The van der Waals surface area contributed by atoms with Crippen LogP contribution in [0.15, 0.2) is 53.7 Å². The van der Waals surface area contributed by atoms with Gasteiger partial charge in [0, 0.05) is 5.56 Å². The second-order valence-electron chi connectivity index (χ2n) is 4.54. The van der Waals surface area contributed by atoms with Crippen LogP contribution in [-0.2, 0) is 17.6 Å². The fourth-order valence-electron chi connectivity index (χ4n) is 1.61. The number of hydrogen-bond donors (Lipinski definition) is 0. The van der Waals surface area contributed by atoms with E-state index in [1.54, 1.807) is 0 Å². The van der Waals surface area contributed by atoms with Crippen LogP contribution in [0.4, 0.5) is 13.2 Å². The van der Waals surface area contributed by atoms with Gasteiger partial charge in [-0.2, -0.15) is 13.2 Å². The predicted molar refractivity (Wildman–Crippen MR) is 73.9 cm³/mol. The average Bonchev–Trinajstić information content (AvgIpc) is 2.45. The normalized spacial score (nSPS) is 11.8. The third kappa shape index (κ3) is 4.63.